The van der Waals surface area contributed by atoms with Gasteiger partial charge in [0.1, 0.15) is 5.82 Å². The van der Waals surface area contributed by atoms with E-state index in [0.717, 1.165) is 50.5 Å². The molecule has 0 bridgehead atoms. The molecule has 128 valence electrons. The van der Waals surface area contributed by atoms with Crippen LogP contribution in [0.1, 0.15) is 29.2 Å². The van der Waals surface area contributed by atoms with Crippen molar-refractivity contribution < 1.29 is 5.11 Å². The number of benzene rings is 1. The van der Waals surface area contributed by atoms with Gasteiger partial charge in [-0.25, -0.2) is 4.98 Å². The Bertz CT molecular complexity index is 651. The topological polar surface area (TPSA) is 39.6 Å². The highest BCUT2D eigenvalue weighted by Gasteiger charge is 2.19. The van der Waals surface area contributed by atoms with Crippen molar-refractivity contribution in [3.63, 3.8) is 0 Å². The van der Waals surface area contributed by atoms with Crippen LogP contribution in [0.3, 0.4) is 0 Å². The third kappa shape index (κ3) is 4.13. The lowest BCUT2D eigenvalue weighted by Crippen LogP contribution is -2.47. The number of hydrogen-bond acceptors (Lipinski definition) is 4. The Morgan fingerprint density at radius 2 is 1.88 bits per heavy atom. The van der Waals surface area contributed by atoms with E-state index in [9.17, 15) is 5.11 Å². The van der Waals surface area contributed by atoms with Gasteiger partial charge < -0.3 is 10.0 Å². The first-order chi connectivity index (χ1) is 11.6. The fourth-order valence-corrected chi connectivity index (χ4v) is 3.40. The number of anilines is 1. The van der Waals surface area contributed by atoms with Gasteiger partial charge in [-0.2, -0.15) is 0 Å². The first kappa shape index (κ1) is 16.9. The molecule has 1 unspecified atom stereocenters. The molecule has 1 N–H and O–H groups in total. The summed E-state index contributed by atoms with van der Waals surface area (Å²) in [4.78, 5) is 9.19. The summed E-state index contributed by atoms with van der Waals surface area (Å²) < 4.78 is 0. The second-order valence-corrected chi connectivity index (χ2v) is 6.68. The average Bonchev–Trinajstić information content (AvgIpc) is 2.61. The molecule has 2 heterocycles. The molecule has 4 heteroatoms. The van der Waals surface area contributed by atoms with Crippen molar-refractivity contribution in [1.82, 2.24) is 9.88 Å². The van der Waals surface area contributed by atoms with Gasteiger partial charge in [0, 0.05) is 38.9 Å². The van der Waals surface area contributed by atoms with E-state index in [1.165, 1.54) is 11.1 Å². The van der Waals surface area contributed by atoms with Crippen LogP contribution in [-0.2, 0) is 0 Å². The molecular weight excluding hydrogens is 298 g/mol. The number of aliphatic hydroxyl groups is 1. The Morgan fingerprint density at radius 3 is 2.54 bits per heavy atom. The first-order valence-corrected chi connectivity index (χ1v) is 8.77. The Balaban J connectivity index is 1.48. The zero-order chi connectivity index (χ0) is 16.9. The Labute approximate surface area is 144 Å². The number of rotatable bonds is 5. The van der Waals surface area contributed by atoms with Crippen molar-refractivity contribution in [3.8, 4) is 0 Å². The maximum absolute atomic E-state index is 10.5. The molecule has 1 aromatic carbocycles. The number of pyridine rings is 1. The summed E-state index contributed by atoms with van der Waals surface area (Å²) in [5, 5.41) is 10.5. The van der Waals surface area contributed by atoms with Crippen molar-refractivity contribution in [2.75, 3.05) is 37.6 Å². The molecule has 1 aliphatic heterocycles. The third-order valence-electron chi connectivity index (χ3n) is 4.85. The predicted molar refractivity (Wildman–Crippen MR) is 98.4 cm³/mol. The molecule has 0 radical (unpaired) electrons. The van der Waals surface area contributed by atoms with E-state index in [1.54, 1.807) is 0 Å². The second kappa shape index (κ2) is 7.77. The quantitative estimate of drug-likeness (QED) is 0.917. The van der Waals surface area contributed by atoms with Crippen LogP contribution in [0.4, 0.5) is 5.82 Å². The van der Waals surface area contributed by atoms with Gasteiger partial charge >= 0.3 is 0 Å². The minimum atomic E-state index is -0.376. The van der Waals surface area contributed by atoms with E-state index in [2.05, 4.69) is 52.9 Å². The molecule has 3 rings (SSSR count). The highest BCUT2D eigenvalue weighted by Crippen LogP contribution is 2.22. The van der Waals surface area contributed by atoms with Gasteiger partial charge in [-0.15, -0.1) is 0 Å². The zero-order valence-corrected chi connectivity index (χ0v) is 14.7. The molecule has 0 saturated carbocycles. The van der Waals surface area contributed by atoms with Crippen LogP contribution in [0.25, 0.3) is 0 Å². The van der Waals surface area contributed by atoms with E-state index >= 15 is 0 Å². The highest BCUT2D eigenvalue weighted by atomic mass is 16.3. The molecule has 0 spiro atoms. The van der Waals surface area contributed by atoms with E-state index in [4.69, 9.17) is 0 Å². The van der Waals surface area contributed by atoms with Crippen molar-refractivity contribution >= 4 is 5.82 Å². The number of aromatic nitrogens is 1. The van der Waals surface area contributed by atoms with Crippen molar-refractivity contribution in [1.29, 1.82) is 0 Å². The van der Waals surface area contributed by atoms with Crippen LogP contribution in [0.2, 0.25) is 0 Å². The van der Waals surface area contributed by atoms with E-state index < -0.39 is 0 Å². The summed E-state index contributed by atoms with van der Waals surface area (Å²) in [5.74, 6) is 1.06. The molecule has 1 atom stereocenters. The molecule has 24 heavy (non-hydrogen) atoms. The third-order valence-corrected chi connectivity index (χ3v) is 4.85. The summed E-state index contributed by atoms with van der Waals surface area (Å²) in [6.07, 6.45) is 2.26. The molecular formula is C20H27N3O. The number of aliphatic hydroxyl groups excluding tert-OH is 1. The van der Waals surface area contributed by atoms with Crippen LogP contribution < -0.4 is 4.90 Å². The molecule has 0 aliphatic carbocycles. The normalized spacial score (nSPS) is 17.0. The van der Waals surface area contributed by atoms with Gasteiger partial charge in [0.2, 0.25) is 0 Å². The number of piperazine rings is 1. The van der Waals surface area contributed by atoms with E-state index in [1.807, 2.05) is 18.3 Å². The number of aryl methyl sites for hydroxylation is 2. The molecule has 1 aromatic heterocycles. The Kier molecular flexibility index (Phi) is 5.48. The second-order valence-electron chi connectivity index (χ2n) is 6.68. The van der Waals surface area contributed by atoms with Gasteiger partial charge in [0.15, 0.2) is 0 Å². The van der Waals surface area contributed by atoms with Crippen LogP contribution >= 0.6 is 0 Å². The average molecular weight is 325 g/mol. The lowest BCUT2D eigenvalue weighted by Gasteiger charge is -2.35. The van der Waals surface area contributed by atoms with Gasteiger partial charge in [0.05, 0.1) is 6.10 Å². The van der Waals surface area contributed by atoms with Crippen LogP contribution in [0.15, 0.2) is 42.6 Å². The highest BCUT2D eigenvalue weighted by molar-refractivity contribution is 5.38. The first-order valence-electron chi connectivity index (χ1n) is 8.77. The summed E-state index contributed by atoms with van der Waals surface area (Å²) in [6.45, 7) is 9.14. The summed E-state index contributed by atoms with van der Waals surface area (Å²) in [5.41, 5.74) is 3.49. The Morgan fingerprint density at radius 1 is 1.08 bits per heavy atom. The molecule has 1 fully saturated rings. The van der Waals surface area contributed by atoms with Crippen LogP contribution in [0, 0.1) is 13.8 Å². The van der Waals surface area contributed by atoms with Gasteiger partial charge in [-0.05, 0) is 43.5 Å². The minimum Gasteiger partial charge on any atom is -0.388 e. The van der Waals surface area contributed by atoms with E-state index in [-0.39, 0.29) is 6.10 Å². The van der Waals surface area contributed by atoms with Crippen molar-refractivity contribution in [3.05, 3.63) is 59.3 Å². The lowest BCUT2D eigenvalue weighted by atomic mass is 9.99. The number of nitrogens with zero attached hydrogens (tertiary/aromatic N) is 3. The van der Waals surface area contributed by atoms with Gasteiger partial charge in [-0.3, -0.25) is 4.90 Å². The Hall–Kier alpha value is -1.91. The maximum atomic E-state index is 10.5. The van der Waals surface area contributed by atoms with E-state index in [0.29, 0.717) is 0 Å². The molecule has 4 nitrogen and oxygen atoms in total. The smallest absolute Gasteiger partial charge is 0.128 e. The molecule has 1 saturated heterocycles. The van der Waals surface area contributed by atoms with Gasteiger partial charge in [-0.1, -0.05) is 29.8 Å². The zero-order valence-electron chi connectivity index (χ0n) is 14.7. The van der Waals surface area contributed by atoms with Gasteiger partial charge in [0.25, 0.3) is 0 Å². The fraction of sp³-hybridized carbons (Fsp3) is 0.450. The summed E-state index contributed by atoms with van der Waals surface area (Å²) in [6, 6.07) is 12.3. The lowest BCUT2D eigenvalue weighted by molar-refractivity contribution is 0.139. The summed E-state index contributed by atoms with van der Waals surface area (Å²) in [7, 11) is 0. The number of hydrogen-bond donors (Lipinski definition) is 1. The monoisotopic (exact) mass is 325 g/mol. The standard InChI is InChI=1S/C20H27N3O/c1-16-6-7-18(17(2)15-16)19(24)8-10-22-11-13-23(14-12-22)20-5-3-4-9-21-20/h3-7,9,15,19,24H,8,10-14H2,1-2H3. The summed E-state index contributed by atoms with van der Waals surface area (Å²) >= 11 is 0. The van der Waals surface area contributed by atoms with Crippen LogP contribution in [-0.4, -0.2) is 47.7 Å². The van der Waals surface area contributed by atoms with Crippen LogP contribution in [0.5, 0.6) is 0 Å². The minimum absolute atomic E-state index is 0.376. The maximum Gasteiger partial charge on any atom is 0.128 e. The van der Waals surface area contributed by atoms with Crippen molar-refractivity contribution in [2.24, 2.45) is 0 Å². The molecule has 2 aromatic rings. The largest absolute Gasteiger partial charge is 0.388 e. The predicted octanol–water partition coefficient (Wildman–Crippen LogP) is 2.94. The fourth-order valence-electron chi connectivity index (χ4n) is 3.40. The van der Waals surface area contributed by atoms with Crippen molar-refractivity contribution in [2.45, 2.75) is 26.4 Å². The SMILES string of the molecule is Cc1ccc(C(O)CCN2CCN(c3ccccn3)CC2)c(C)c1. The molecule has 1 aliphatic rings. The molecule has 0 amide bonds.